The zero-order chi connectivity index (χ0) is 26.6. The molecule has 3 aromatic rings. The Morgan fingerprint density at radius 2 is 2.11 bits per heavy atom. The number of rotatable bonds is 8. The molecule has 4 rings (SSSR count). The summed E-state index contributed by atoms with van der Waals surface area (Å²) >= 11 is 1.54. The van der Waals surface area contributed by atoms with Gasteiger partial charge in [-0.15, -0.1) is 16.4 Å². The fraction of sp³-hybridized carbons (Fsp3) is 0.440. The van der Waals surface area contributed by atoms with E-state index >= 15 is 0 Å². The number of carbonyl (C=O) groups excluding carboxylic acids is 1. The van der Waals surface area contributed by atoms with Crippen molar-refractivity contribution < 1.29 is 27.4 Å². The lowest BCUT2D eigenvalue weighted by Crippen LogP contribution is -2.42. The molecule has 1 unspecified atom stereocenters. The first kappa shape index (κ1) is 27.0. The second-order valence-electron chi connectivity index (χ2n) is 8.83. The summed E-state index contributed by atoms with van der Waals surface area (Å²) in [5.74, 6) is 0.0662. The first-order valence-electron chi connectivity index (χ1n) is 11.9. The van der Waals surface area contributed by atoms with Gasteiger partial charge in [0.1, 0.15) is 23.5 Å². The average Bonchev–Trinajstić information content (AvgIpc) is 3.36. The van der Waals surface area contributed by atoms with Crippen molar-refractivity contribution in [2.24, 2.45) is 0 Å². The van der Waals surface area contributed by atoms with Crippen LogP contribution in [0.1, 0.15) is 46.5 Å². The molecule has 8 nitrogen and oxygen atoms in total. The molecule has 0 radical (unpaired) electrons. The van der Waals surface area contributed by atoms with Gasteiger partial charge >= 0.3 is 6.18 Å². The van der Waals surface area contributed by atoms with Gasteiger partial charge in [0, 0.05) is 35.3 Å². The largest absolute Gasteiger partial charge is 0.491 e. The molecule has 1 saturated heterocycles. The van der Waals surface area contributed by atoms with E-state index in [1.807, 2.05) is 26.2 Å². The maximum absolute atomic E-state index is 13.2. The Kier molecular flexibility index (Phi) is 8.40. The number of thiazole rings is 1. The summed E-state index contributed by atoms with van der Waals surface area (Å²) < 4.78 is 50.2. The topological polar surface area (TPSA) is 89.5 Å². The number of aromatic nitrogens is 3. The van der Waals surface area contributed by atoms with E-state index in [2.05, 4.69) is 25.4 Å². The van der Waals surface area contributed by atoms with Gasteiger partial charge in [0.25, 0.3) is 5.91 Å². The Hall–Kier alpha value is -3.09. The number of ether oxygens (including phenoxy) is 2. The third-order valence-corrected chi connectivity index (χ3v) is 7.05. The number of hydrogen-bond acceptors (Lipinski definition) is 8. The molecule has 1 aromatic carbocycles. The maximum atomic E-state index is 13.2. The lowest BCUT2D eigenvalue weighted by atomic mass is 10.1. The Balaban J connectivity index is 1.53. The number of halogens is 3. The molecular weight excluding hydrogens is 507 g/mol. The van der Waals surface area contributed by atoms with Crippen molar-refractivity contribution in [2.75, 3.05) is 33.4 Å². The lowest BCUT2D eigenvalue weighted by molar-refractivity contribution is -0.141. The third-order valence-electron chi connectivity index (χ3n) is 5.86. The van der Waals surface area contributed by atoms with E-state index < -0.39 is 23.8 Å². The van der Waals surface area contributed by atoms with Gasteiger partial charge < -0.3 is 19.7 Å². The number of carbonyl (C=O) groups is 1. The highest BCUT2D eigenvalue weighted by Crippen LogP contribution is 2.31. The quantitative estimate of drug-likeness (QED) is 0.458. The molecular formula is C25H28F3N5O3S. The number of hydrogen-bond donors (Lipinski definition) is 1. The van der Waals surface area contributed by atoms with Crippen LogP contribution in [0.5, 0.6) is 5.75 Å². The maximum Gasteiger partial charge on any atom is 0.435 e. The predicted molar refractivity (Wildman–Crippen MR) is 133 cm³/mol. The summed E-state index contributed by atoms with van der Waals surface area (Å²) in [7, 11) is 2.02. The Bertz CT molecular complexity index is 1220. The van der Waals surface area contributed by atoms with Crippen LogP contribution in [0, 0.1) is 0 Å². The van der Waals surface area contributed by atoms with Gasteiger partial charge in [-0.2, -0.15) is 18.3 Å². The molecule has 1 N–H and O–H groups in total. The fourth-order valence-electron chi connectivity index (χ4n) is 3.78. The minimum absolute atomic E-state index is 0.0930. The number of benzene rings is 1. The summed E-state index contributed by atoms with van der Waals surface area (Å²) in [6, 6.07) is 6.56. The van der Waals surface area contributed by atoms with E-state index in [9.17, 15) is 18.0 Å². The molecule has 0 saturated carbocycles. The number of amides is 1. The summed E-state index contributed by atoms with van der Waals surface area (Å²) in [5, 5.41) is 10.4. The van der Waals surface area contributed by atoms with Crippen LogP contribution in [-0.4, -0.2) is 65.4 Å². The highest BCUT2D eigenvalue weighted by atomic mass is 32.1. The van der Waals surface area contributed by atoms with Crippen molar-refractivity contribution in [1.29, 1.82) is 0 Å². The highest BCUT2D eigenvalue weighted by Gasteiger charge is 2.33. The van der Waals surface area contributed by atoms with Crippen LogP contribution in [0.4, 0.5) is 13.2 Å². The molecule has 37 heavy (non-hydrogen) atoms. The number of morpholine rings is 1. The predicted octanol–water partition coefficient (Wildman–Crippen LogP) is 4.38. The Morgan fingerprint density at radius 1 is 1.30 bits per heavy atom. The number of nitrogens with zero attached hydrogens (tertiary/aromatic N) is 4. The summed E-state index contributed by atoms with van der Waals surface area (Å²) in [6.45, 7) is 6.23. The van der Waals surface area contributed by atoms with Crippen LogP contribution < -0.4 is 10.1 Å². The van der Waals surface area contributed by atoms with Gasteiger partial charge in [-0.3, -0.25) is 4.79 Å². The van der Waals surface area contributed by atoms with Gasteiger partial charge in [-0.25, -0.2) is 4.98 Å². The van der Waals surface area contributed by atoms with E-state index in [-0.39, 0.29) is 11.8 Å². The molecule has 198 valence electrons. The average molecular weight is 536 g/mol. The van der Waals surface area contributed by atoms with Gasteiger partial charge in [0.2, 0.25) is 0 Å². The Morgan fingerprint density at radius 3 is 2.76 bits per heavy atom. The molecule has 1 amide bonds. The highest BCUT2D eigenvalue weighted by molar-refractivity contribution is 7.15. The molecule has 1 aliphatic rings. The lowest BCUT2D eigenvalue weighted by Gasteiger charge is -2.29. The van der Waals surface area contributed by atoms with Gasteiger partial charge in [0.05, 0.1) is 18.3 Å². The molecule has 2 atom stereocenters. The van der Waals surface area contributed by atoms with Gasteiger partial charge in [0.15, 0.2) is 5.69 Å². The monoisotopic (exact) mass is 535 g/mol. The summed E-state index contributed by atoms with van der Waals surface area (Å²) in [4.78, 5) is 20.9. The second-order valence-corrected chi connectivity index (χ2v) is 9.95. The van der Waals surface area contributed by atoms with Crippen LogP contribution in [0.2, 0.25) is 0 Å². The fourth-order valence-corrected chi connectivity index (χ4v) is 4.62. The molecule has 2 aromatic heterocycles. The third kappa shape index (κ3) is 7.02. The summed E-state index contributed by atoms with van der Waals surface area (Å²) in [6.07, 6.45) is -2.02. The van der Waals surface area contributed by atoms with Crippen LogP contribution in [0.3, 0.4) is 0 Å². The standard InChI is InChI=1S/C25H28F3N5O3S/c1-4-20-12-29-24(37-20)17-9-16(10-18(11-17)36-14-19-13-33(3)7-8-35-19)23(34)30-15(2)21-5-6-22(32-31-21)25(26,27)28/h5-6,9-12,15,19H,4,7-8,13-14H2,1-3H3,(H,30,34)/t15?,19-/m0/s1. The number of likely N-dealkylation sites (N-methyl/N-ethyl adjacent to an activating group) is 1. The zero-order valence-corrected chi connectivity index (χ0v) is 21.5. The van der Waals surface area contributed by atoms with E-state index in [0.717, 1.165) is 41.0 Å². The van der Waals surface area contributed by atoms with Crippen LogP contribution in [0.15, 0.2) is 36.5 Å². The zero-order valence-electron chi connectivity index (χ0n) is 20.7. The molecule has 12 heteroatoms. The first-order chi connectivity index (χ1) is 17.6. The smallest absolute Gasteiger partial charge is 0.435 e. The molecule has 0 aliphatic carbocycles. The number of aryl methyl sites for hydroxylation is 1. The van der Waals surface area contributed by atoms with E-state index in [4.69, 9.17) is 9.47 Å². The first-order valence-corrected chi connectivity index (χ1v) is 12.7. The van der Waals surface area contributed by atoms with E-state index in [1.54, 1.807) is 19.1 Å². The minimum Gasteiger partial charge on any atom is -0.491 e. The van der Waals surface area contributed by atoms with Crippen molar-refractivity contribution >= 4 is 17.2 Å². The Labute approximate surface area is 216 Å². The molecule has 0 bridgehead atoms. The number of nitrogens with one attached hydrogen (secondary N) is 1. The van der Waals surface area contributed by atoms with Crippen LogP contribution >= 0.6 is 11.3 Å². The SMILES string of the molecule is CCc1cnc(-c2cc(OC[C@@H]3CN(C)CCO3)cc(C(=O)NC(C)c3ccc(C(F)(F)F)nn3)c2)s1. The second kappa shape index (κ2) is 11.5. The minimum atomic E-state index is -4.58. The number of alkyl halides is 3. The van der Waals surface area contributed by atoms with E-state index in [0.29, 0.717) is 24.5 Å². The molecule has 0 spiro atoms. The normalized spacial score (nSPS) is 17.4. The molecule has 3 heterocycles. The summed E-state index contributed by atoms with van der Waals surface area (Å²) in [5.41, 5.74) is 0.178. The van der Waals surface area contributed by atoms with Crippen LogP contribution in [0.25, 0.3) is 10.6 Å². The van der Waals surface area contributed by atoms with E-state index in [1.165, 1.54) is 17.4 Å². The van der Waals surface area contributed by atoms with Crippen molar-refractivity contribution in [3.8, 4) is 16.3 Å². The molecule has 1 fully saturated rings. The van der Waals surface area contributed by atoms with Crippen molar-refractivity contribution in [2.45, 2.75) is 38.6 Å². The van der Waals surface area contributed by atoms with Crippen molar-refractivity contribution in [3.63, 3.8) is 0 Å². The van der Waals surface area contributed by atoms with Crippen molar-refractivity contribution in [1.82, 2.24) is 25.4 Å². The van der Waals surface area contributed by atoms with Crippen molar-refractivity contribution in [3.05, 3.63) is 58.4 Å². The van der Waals surface area contributed by atoms with Gasteiger partial charge in [-0.1, -0.05) is 6.92 Å². The van der Waals surface area contributed by atoms with Crippen LogP contribution in [-0.2, 0) is 17.3 Å². The molecule has 1 aliphatic heterocycles. The van der Waals surface area contributed by atoms with Gasteiger partial charge in [-0.05, 0) is 50.7 Å².